The highest BCUT2D eigenvalue weighted by atomic mass is 16.6. The molecule has 8 heteroatoms. The Morgan fingerprint density at radius 2 is 1.84 bits per heavy atom. The van der Waals surface area contributed by atoms with Crippen LogP contribution in [0.25, 0.3) is 33.9 Å². The molecule has 2 heterocycles. The van der Waals surface area contributed by atoms with E-state index >= 15 is 0 Å². The minimum atomic E-state index is -0.714. The summed E-state index contributed by atoms with van der Waals surface area (Å²) in [5.41, 5.74) is 13.8. The second-order valence-corrected chi connectivity index (χ2v) is 10.4. The van der Waals surface area contributed by atoms with Crippen molar-refractivity contribution >= 4 is 5.91 Å². The lowest BCUT2D eigenvalue weighted by atomic mass is 9.63. The average Bonchev–Trinajstić information content (AvgIpc) is 3.31. The standard InChI is InChI=1S/C30H30N4O4/c1-3-38-33-28(35)21-11-14-23-24(15-21)37-18-34-26(20-7-5-4-6-8-20)25(32-27(23)34)19-9-12-22(13-10-19)30(31)16-29(2,36)17-30/h4-15,36H,3,16-18,31H2,1-2H3,(H,33,35)/t29-,30-. The number of hydroxylamine groups is 1. The first kappa shape index (κ1) is 24.4. The Hall–Kier alpha value is -3.98. The van der Waals surface area contributed by atoms with Gasteiger partial charge in [-0.05, 0) is 50.5 Å². The number of nitrogens with zero attached hydrogens (tertiary/aromatic N) is 2. The van der Waals surface area contributed by atoms with Crippen molar-refractivity contribution in [3.05, 3.63) is 83.9 Å². The van der Waals surface area contributed by atoms with E-state index in [2.05, 4.69) is 22.2 Å². The number of fused-ring (bicyclic) bond motifs is 3. The van der Waals surface area contributed by atoms with Crippen LogP contribution in [0.4, 0.5) is 0 Å². The van der Waals surface area contributed by atoms with E-state index < -0.39 is 11.1 Å². The summed E-state index contributed by atoms with van der Waals surface area (Å²) in [7, 11) is 0. The van der Waals surface area contributed by atoms with Gasteiger partial charge in [0.05, 0.1) is 29.2 Å². The number of ether oxygens (including phenoxy) is 1. The summed E-state index contributed by atoms with van der Waals surface area (Å²) in [6.07, 6.45) is 1.07. The predicted molar refractivity (Wildman–Crippen MR) is 144 cm³/mol. The quantitative estimate of drug-likeness (QED) is 0.327. The zero-order chi connectivity index (χ0) is 26.5. The van der Waals surface area contributed by atoms with Crippen LogP contribution in [0, 0.1) is 0 Å². The van der Waals surface area contributed by atoms with Gasteiger partial charge in [0.1, 0.15) is 11.6 Å². The maximum absolute atomic E-state index is 12.4. The summed E-state index contributed by atoms with van der Waals surface area (Å²) in [6, 6.07) is 23.6. The largest absolute Gasteiger partial charge is 0.472 e. The number of aromatic nitrogens is 2. The molecule has 0 unspecified atom stereocenters. The lowest BCUT2D eigenvalue weighted by Gasteiger charge is -2.49. The van der Waals surface area contributed by atoms with Crippen molar-refractivity contribution in [2.45, 2.75) is 44.6 Å². The van der Waals surface area contributed by atoms with Gasteiger partial charge in [-0.3, -0.25) is 14.2 Å². The molecular formula is C30H30N4O4. The minimum Gasteiger partial charge on any atom is -0.472 e. The lowest BCUT2D eigenvalue weighted by Crippen LogP contribution is -2.58. The highest BCUT2D eigenvalue weighted by Crippen LogP contribution is 2.47. The number of hydrogen-bond donors (Lipinski definition) is 3. The number of amides is 1. The van der Waals surface area contributed by atoms with E-state index in [0.717, 1.165) is 39.5 Å². The average molecular weight is 511 g/mol. The second-order valence-electron chi connectivity index (χ2n) is 10.4. The van der Waals surface area contributed by atoms with Gasteiger partial charge in [-0.15, -0.1) is 0 Å². The Bertz CT molecular complexity index is 1500. The summed E-state index contributed by atoms with van der Waals surface area (Å²) in [5.74, 6) is 1.03. The first-order valence-corrected chi connectivity index (χ1v) is 12.8. The fourth-order valence-electron chi connectivity index (χ4n) is 5.64. The van der Waals surface area contributed by atoms with Crippen LogP contribution >= 0.6 is 0 Å². The molecule has 3 aromatic carbocycles. The molecule has 4 aromatic rings. The molecule has 0 bridgehead atoms. The van der Waals surface area contributed by atoms with Crippen LogP contribution in [0.3, 0.4) is 0 Å². The number of rotatable bonds is 6. The van der Waals surface area contributed by atoms with Crippen LogP contribution in [-0.2, 0) is 17.1 Å². The van der Waals surface area contributed by atoms with Crippen LogP contribution < -0.4 is 16.0 Å². The monoisotopic (exact) mass is 510 g/mol. The molecule has 1 saturated carbocycles. The smallest absolute Gasteiger partial charge is 0.274 e. The maximum atomic E-state index is 12.4. The van der Waals surface area contributed by atoms with E-state index in [1.807, 2.05) is 55.5 Å². The van der Waals surface area contributed by atoms with Gasteiger partial charge in [0.15, 0.2) is 6.73 Å². The topological polar surface area (TPSA) is 112 Å². The zero-order valence-corrected chi connectivity index (χ0v) is 21.4. The van der Waals surface area contributed by atoms with Crippen LogP contribution in [0.2, 0.25) is 0 Å². The Morgan fingerprint density at radius 3 is 2.53 bits per heavy atom. The molecule has 1 amide bonds. The number of carbonyl (C=O) groups is 1. The third-order valence-electron chi connectivity index (χ3n) is 7.28. The van der Waals surface area contributed by atoms with Gasteiger partial charge in [0, 0.05) is 22.2 Å². The van der Waals surface area contributed by atoms with Crippen molar-refractivity contribution in [2.75, 3.05) is 6.61 Å². The molecular weight excluding hydrogens is 480 g/mol. The van der Waals surface area contributed by atoms with E-state index in [-0.39, 0.29) is 12.6 Å². The number of benzene rings is 3. The third-order valence-corrected chi connectivity index (χ3v) is 7.28. The van der Waals surface area contributed by atoms with Crippen LogP contribution in [0.5, 0.6) is 5.75 Å². The molecule has 8 nitrogen and oxygen atoms in total. The maximum Gasteiger partial charge on any atom is 0.274 e. The molecule has 1 aliphatic carbocycles. The van der Waals surface area contributed by atoms with Crippen molar-refractivity contribution in [2.24, 2.45) is 5.73 Å². The number of nitrogens with one attached hydrogen (secondary N) is 1. The molecule has 1 aliphatic heterocycles. The molecule has 1 aromatic heterocycles. The molecule has 2 aliphatic rings. The van der Waals surface area contributed by atoms with Crippen molar-refractivity contribution in [1.82, 2.24) is 15.0 Å². The molecule has 0 radical (unpaired) electrons. The van der Waals surface area contributed by atoms with Crippen LogP contribution in [0.1, 0.15) is 42.6 Å². The molecule has 4 N–H and O–H groups in total. The summed E-state index contributed by atoms with van der Waals surface area (Å²) in [6.45, 7) is 4.26. The minimum absolute atomic E-state index is 0.259. The third kappa shape index (κ3) is 4.16. The Kier molecular flexibility index (Phi) is 5.83. The van der Waals surface area contributed by atoms with E-state index in [0.29, 0.717) is 30.8 Å². The van der Waals surface area contributed by atoms with Crippen LogP contribution in [-0.4, -0.2) is 32.8 Å². The normalized spacial score (nSPS) is 21.6. The number of hydrogen-bond acceptors (Lipinski definition) is 6. The Labute approximate surface area is 221 Å². The van der Waals surface area contributed by atoms with E-state index in [9.17, 15) is 9.90 Å². The molecule has 0 atom stereocenters. The molecule has 0 spiro atoms. The Balaban J connectivity index is 1.41. The summed E-state index contributed by atoms with van der Waals surface area (Å²) in [5, 5.41) is 10.2. The van der Waals surface area contributed by atoms with Crippen molar-refractivity contribution in [1.29, 1.82) is 0 Å². The van der Waals surface area contributed by atoms with Gasteiger partial charge in [-0.25, -0.2) is 10.5 Å². The van der Waals surface area contributed by atoms with Crippen LogP contribution in [0.15, 0.2) is 72.8 Å². The molecule has 6 rings (SSSR count). The number of aliphatic hydroxyl groups is 1. The van der Waals surface area contributed by atoms with Crippen molar-refractivity contribution in [3.63, 3.8) is 0 Å². The summed E-state index contributed by atoms with van der Waals surface area (Å²) >= 11 is 0. The first-order chi connectivity index (χ1) is 18.3. The molecule has 1 fully saturated rings. The number of imidazole rings is 1. The van der Waals surface area contributed by atoms with E-state index in [4.69, 9.17) is 20.3 Å². The number of nitrogens with two attached hydrogens (primary N) is 1. The van der Waals surface area contributed by atoms with Gasteiger partial charge in [-0.2, -0.15) is 0 Å². The van der Waals surface area contributed by atoms with E-state index in [1.54, 1.807) is 19.1 Å². The van der Waals surface area contributed by atoms with Gasteiger partial charge >= 0.3 is 0 Å². The SMILES string of the molecule is CCONC(=O)c1ccc2c(c1)OCn1c-2nc(-c2ccc([C@]3(N)C[C@](C)(O)C3)cc2)c1-c1ccccc1. The summed E-state index contributed by atoms with van der Waals surface area (Å²) < 4.78 is 8.19. The summed E-state index contributed by atoms with van der Waals surface area (Å²) in [4.78, 5) is 22.5. The first-order valence-electron chi connectivity index (χ1n) is 12.8. The zero-order valence-electron chi connectivity index (χ0n) is 21.4. The van der Waals surface area contributed by atoms with Gasteiger partial charge in [0.2, 0.25) is 0 Å². The van der Waals surface area contributed by atoms with Crippen molar-refractivity contribution in [3.8, 4) is 39.7 Å². The highest BCUT2D eigenvalue weighted by molar-refractivity contribution is 5.95. The predicted octanol–water partition coefficient (Wildman–Crippen LogP) is 4.61. The molecule has 0 saturated heterocycles. The second kappa shape index (κ2) is 9.09. The lowest BCUT2D eigenvalue weighted by molar-refractivity contribution is -0.0738. The number of carbonyl (C=O) groups excluding carboxylic acids is 1. The van der Waals surface area contributed by atoms with Crippen molar-refractivity contribution < 1.29 is 19.5 Å². The van der Waals surface area contributed by atoms with Gasteiger partial charge < -0.3 is 15.6 Å². The van der Waals surface area contributed by atoms with Gasteiger partial charge in [0.25, 0.3) is 5.91 Å². The van der Waals surface area contributed by atoms with Gasteiger partial charge in [-0.1, -0.05) is 54.6 Å². The fourth-order valence-corrected chi connectivity index (χ4v) is 5.64. The molecule has 194 valence electrons. The Morgan fingerprint density at radius 1 is 1.11 bits per heavy atom. The van der Waals surface area contributed by atoms with E-state index in [1.165, 1.54) is 0 Å². The fraction of sp³-hybridized carbons (Fsp3) is 0.267. The molecule has 38 heavy (non-hydrogen) atoms. The highest BCUT2D eigenvalue weighted by Gasteiger charge is 2.49.